The van der Waals surface area contributed by atoms with Gasteiger partial charge < -0.3 is 14.9 Å². The van der Waals surface area contributed by atoms with Crippen molar-refractivity contribution in [2.45, 2.75) is 20.3 Å². The van der Waals surface area contributed by atoms with Crippen LogP contribution in [0.5, 0.6) is 0 Å². The van der Waals surface area contributed by atoms with E-state index in [0.29, 0.717) is 0 Å². The number of nitrogens with zero attached hydrogens (tertiary/aromatic N) is 3. The minimum atomic E-state index is 0.744. The second-order valence-electron chi connectivity index (χ2n) is 10.1. The molecule has 6 rings (SSSR count). The molecular weight excluding hydrogens is 504 g/mol. The molecule has 0 atom stereocenters. The van der Waals surface area contributed by atoms with Gasteiger partial charge in [0.05, 0.1) is 28.9 Å². The summed E-state index contributed by atoms with van der Waals surface area (Å²) in [5.41, 5.74) is 11.1. The first kappa shape index (κ1) is 25.9. The molecule has 3 N–H and O–H groups in total. The van der Waals surface area contributed by atoms with Crippen molar-refractivity contribution in [1.29, 1.82) is 0 Å². The number of imidazole rings is 1. The number of rotatable bonds is 9. The number of aromatic nitrogens is 5. The second kappa shape index (κ2) is 11.0. The lowest BCUT2D eigenvalue weighted by atomic mass is 10.0. The highest BCUT2D eigenvalue weighted by Gasteiger charge is 2.15. The van der Waals surface area contributed by atoms with E-state index < -0.39 is 0 Å². The SMILES string of the molecule is C=C/C(=C\C(=C/C)c1ccc2[nH]nc(-c3cc4c(-n5cnc(C)c5)cccc4[nH]3)c2c1)NC(=C)Cc1ccccc1. The lowest BCUT2D eigenvalue weighted by molar-refractivity contribution is 0.942. The van der Waals surface area contributed by atoms with Crippen molar-refractivity contribution in [3.8, 4) is 17.1 Å². The molecule has 0 radical (unpaired) electrons. The third kappa shape index (κ3) is 5.28. The number of hydrogen-bond acceptors (Lipinski definition) is 3. The van der Waals surface area contributed by atoms with Crippen molar-refractivity contribution < 1.29 is 0 Å². The van der Waals surface area contributed by atoms with Crippen LogP contribution in [0.2, 0.25) is 0 Å². The normalized spacial score (nSPS) is 12.2. The number of aryl methyl sites for hydroxylation is 1. The van der Waals surface area contributed by atoms with Crippen molar-refractivity contribution in [3.63, 3.8) is 0 Å². The first-order chi connectivity index (χ1) is 20.0. The van der Waals surface area contributed by atoms with Crippen LogP contribution >= 0.6 is 0 Å². The van der Waals surface area contributed by atoms with E-state index in [4.69, 9.17) is 5.10 Å². The molecular formula is C35H32N6. The predicted octanol–water partition coefficient (Wildman–Crippen LogP) is 8.02. The molecule has 0 spiro atoms. The third-order valence-corrected chi connectivity index (χ3v) is 7.21. The smallest absolute Gasteiger partial charge is 0.116 e. The van der Waals surface area contributed by atoms with Crippen molar-refractivity contribution in [2.24, 2.45) is 0 Å². The summed E-state index contributed by atoms with van der Waals surface area (Å²) in [7, 11) is 0. The van der Waals surface area contributed by atoms with Crippen LogP contribution in [0.3, 0.4) is 0 Å². The van der Waals surface area contributed by atoms with Crippen LogP contribution in [0.4, 0.5) is 0 Å². The summed E-state index contributed by atoms with van der Waals surface area (Å²) in [5.74, 6) is 0. The summed E-state index contributed by atoms with van der Waals surface area (Å²) < 4.78 is 2.06. The zero-order valence-corrected chi connectivity index (χ0v) is 23.3. The number of hydrogen-bond donors (Lipinski definition) is 3. The van der Waals surface area contributed by atoms with Crippen molar-refractivity contribution in [2.75, 3.05) is 0 Å². The van der Waals surface area contributed by atoms with Gasteiger partial charge in [-0.25, -0.2) is 4.98 Å². The Bertz CT molecular complexity index is 1940. The molecule has 3 aromatic carbocycles. The maximum Gasteiger partial charge on any atom is 0.116 e. The monoisotopic (exact) mass is 536 g/mol. The number of nitrogens with one attached hydrogen (secondary N) is 3. The number of aromatic amines is 2. The van der Waals surface area contributed by atoms with Gasteiger partial charge in [-0.1, -0.05) is 61.7 Å². The van der Waals surface area contributed by atoms with Crippen LogP contribution in [0.1, 0.15) is 23.7 Å². The molecule has 0 aliphatic carbocycles. The minimum absolute atomic E-state index is 0.744. The Morgan fingerprint density at radius 1 is 1.00 bits per heavy atom. The quantitative estimate of drug-likeness (QED) is 0.164. The average Bonchev–Trinajstić information content (AvgIpc) is 3.73. The van der Waals surface area contributed by atoms with E-state index in [2.05, 4.69) is 105 Å². The molecule has 0 amide bonds. The van der Waals surface area contributed by atoms with Gasteiger partial charge in [0.25, 0.3) is 0 Å². The van der Waals surface area contributed by atoms with Gasteiger partial charge in [0.15, 0.2) is 0 Å². The van der Waals surface area contributed by atoms with Crippen molar-refractivity contribution >= 4 is 27.4 Å². The van der Waals surface area contributed by atoms with Gasteiger partial charge >= 0.3 is 0 Å². The fourth-order valence-corrected chi connectivity index (χ4v) is 5.18. The molecule has 6 aromatic rings. The Morgan fingerprint density at radius 3 is 2.61 bits per heavy atom. The van der Waals surface area contributed by atoms with E-state index in [0.717, 1.165) is 73.5 Å². The van der Waals surface area contributed by atoms with Gasteiger partial charge in [-0.05, 0) is 73.0 Å². The van der Waals surface area contributed by atoms with E-state index in [1.807, 2.05) is 50.6 Å². The van der Waals surface area contributed by atoms with E-state index in [1.165, 1.54) is 5.56 Å². The van der Waals surface area contributed by atoms with Gasteiger partial charge in [-0.15, -0.1) is 0 Å². The van der Waals surface area contributed by atoms with Gasteiger partial charge in [0.1, 0.15) is 5.69 Å². The second-order valence-corrected chi connectivity index (χ2v) is 10.1. The molecule has 6 nitrogen and oxygen atoms in total. The zero-order valence-electron chi connectivity index (χ0n) is 23.3. The molecule has 0 saturated heterocycles. The molecule has 0 aliphatic rings. The summed E-state index contributed by atoms with van der Waals surface area (Å²) in [4.78, 5) is 7.98. The van der Waals surface area contributed by atoms with Crippen LogP contribution in [-0.2, 0) is 6.42 Å². The average molecular weight is 537 g/mol. The first-order valence-electron chi connectivity index (χ1n) is 13.6. The maximum atomic E-state index is 4.70. The van der Waals surface area contributed by atoms with Crippen LogP contribution in [0.15, 0.2) is 128 Å². The summed E-state index contributed by atoms with van der Waals surface area (Å²) in [6.07, 6.45) is 10.7. The Balaban J connectivity index is 1.32. The molecule has 41 heavy (non-hydrogen) atoms. The van der Waals surface area contributed by atoms with Crippen LogP contribution in [0, 0.1) is 6.92 Å². The molecule has 3 aromatic heterocycles. The van der Waals surface area contributed by atoms with Crippen LogP contribution < -0.4 is 5.32 Å². The van der Waals surface area contributed by atoms with Crippen molar-refractivity contribution in [3.05, 3.63) is 145 Å². The highest BCUT2D eigenvalue weighted by Crippen LogP contribution is 2.33. The number of fused-ring (bicyclic) bond motifs is 2. The summed E-state index contributed by atoms with van der Waals surface area (Å²) in [6.45, 7) is 12.3. The fourth-order valence-electron chi connectivity index (χ4n) is 5.18. The third-order valence-electron chi connectivity index (χ3n) is 7.21. The van der Waals surface area contributed by atoms with Crippen LogP contribution in [-0.4, -0.2) is 24.7 Å². The lowest BCUT2D eigenvalue weighted by Crippen LogP contribution is -2.12. The fraction of sp³-hybridized carbons (Fsp3) is 0.0857. The maximum absolute atomic E-state index is 4.70. The van der Waals surface area contributed by atoms with Crippen molar-refractivity contribution in [1.82, 2.24) is 30.0 Å². The van der Waals surface area contributed by atoms with Crippen LogP contribution in [0.25, 0.3) is 44.5 Å². The summed E-state index contributed by atoms with van der Waals surface area (Å²) in [6, 6.07) is 25.1. The molecule has 202 valence electrons. The summed E-state index contributed by atoms with van der Waals surface area (Å²) >= 11 is 0. The van der Waals surface area contributed by atoms with Gasteiger partial charge in [0.2, 0.25) is 0 Å². The topological polar surface area (TPSA) is 74.3 Å². The Labute approximate surface area is 239 Å². The molecule has 0 saturated carbocycles. The largest absolute Gasteiger partial charge is 0.359 e. The van der Waals surface area contributed by atoms with Gasteiger partial charge in [-0.2, -0.15) is 5.10 Å². The molecule has 0 fully saturated rings. The standard InChI is InChI=1S/C35H32N6/c1-5-26(18-28(6-2)37-23(3)17-25-11-8-7-9-12-25)27-15-16-32-30(19-27)35(40-39-32)33-20-29-31(38-33)13-10-14-34(29)41-21-24(4)36-22-41/h5-16,18-22,37-38H,2-3,17H2,1,4H3,(H,39,40)/b26-5+,28-18+. The number of allylic oxidation sites excluding steroid dienone is 5. The number of H-pyrrole nitrogens is 2. The first-order valence-corrected chi connectivity index (χ1v) is 13.6. The Hall–Kier alpha value is -5.36. The van der Waals surface area contributed by atoms with E-state index >= 15 is 0 Å². The summed E-state index contributed by atoms with van der Waals surface area (Å²) in [5, 5.41) is 13.5. The predicted molar refractivity (Wildman–Crippen MR) is 170 cm³/mol. The van der Waals surface area contributed by atoms with E-state index in [-0.39, 0.29) is 0 Å². The molecule has 0 aliphatic heterocycles. The Morgan fingerprint density at radius 2 is 1.85 bits per heavy atom. The molecule has 0 unspecified atom stereocenters. The molecule has 0 bridgehead atoms. The minimum Gasteiger partial charge on any atom is -0.359 e. The van der Waals surface area contributed by atoms with E-state index in [9.17, 15) is 0 Å². The van der Waals surface area contributed by atoms with E-state index in [1.54, 1.807) is 0 Å². The molecule has 3 heterocycles. The highest BCUT2D eigenvalue weighted by molar-refractivity contribution is 5.99. The molecule has 6 heteroatoms. The highest BCUT2D eigenvalue weighted by atomic mass is 15.1. The lowest BCUT2D eigenvalue weighted by Gasteiger charge is -2.12. The van der Waals surface area contributed by atoms with Gasteiger partial charge in [-0.3, -0.25) is 5.10 Å². The number of benzene rings is 3. The van der Waals surface area contributed by atoms with Gasteiger partial charge in [0, 0.05) is 40.3 Å². The Kier molecular flexibility index (Phi) is 6.96. The zero-order chi connectivity index (χ0) is 28.3.